The first-order valence-corrected chi connectivity index (χ1v) is 16.0. The number of benzene rings is 5. The summed E-state index contributed by atoms with van der Waals surface area (Å²) < 4.78 is 31.3. The van der Waals surface area contributed by atoms with Crippen LogP contribution in [0, 0.1) is 0 Å². The Labute approximate surface area is 259 Å². The molecule has 0 fully saturated rings. The minimum Gasteiger partial charge on any atom is -0.319 e. The molecule has 6 aromatic rings. The Kier molecular flexibility index (Phi) is 8.52. The third-order valence-corrected chi connectivity index (χ3v) is 8.89. The minimum absolute atomic E-state index is 0.221. The molecule has 0 radical (unpaired) electrons. The zero-order chi connectivity index (χ0) is 30.5. The Morgan fingerprint density at radius 1 is 0.636 bits per heavy atom. The number of hydrogen-bond donors (Lipinski definition) is 1. The van der Waals surface area contributed by atoms with Crippen molar-refractivity contribution in [2.45, 2.75) is 11.4 Å². The van der Waals surface area contributed by atoms with E-state index in [1.807, 2.05) is 80.8 Å². The average Bonchev–Trinajstić information content (AvgIpc) is 3.44. The lowest BCUT2D eigenvalue weighted by Gasteiger charge is -2.16. The molecule has 0 saturated carbocycles. The van der Waals surface area contributed by atoms with Gasteiger partial charge in [-0.25, -0.2) is 13.4 Å². The van der Waals surface area contributed by atoms with Gasteiger partial charge in [-0.3, -0.25) is 4.90 Å². The van der Waals surface area contributed by atoms with E-state index in [2.05, 4.69) is 70.0 Å². The molecule has 6 nitrogen and oxygen atoms in total. The first kappa shape index (κ1) is 29.3. The van der Waals surface area contributed by atoms with Crippen molar-refractivity contribution in [3.8, 4) is 45.0 Å². The first-order valence-electron chi connectivity index (χ1n) is 14.5. The van der Waals surface area contributed by atoms with E-state index in [0.717, 1.165) is 45.0 Å². The van der Waals surface area contributed by atoms with E-state index in [1.54, 1.807) is 17.0 Å². The van der Waals surface area contributed by atoms with Crippen molar-refractivity contribution in [3.05, 3.63) is 145 Å². The van der Waals surface area contributed by atoms with Crippen LogP contribution in [0.15, 0.2) is 144 Å². The lowest BCUT2D eigenvalue weighted by molar-refractivity contribution is 0.399. The quantitative estimate of drug-likeness (QED) is 0.167. The normalized spacial score (nSPS) is 11.6. The predicted octanol–water partition coefficient (Wildman–Crippen LogP) is 7.40. The molecule has 1 heterocycles. The zero-order valence-electron chi connectivity index (χ0n) is 24.8. The molecule has 0 atom stereocenters. The van der Waals surface area contributed by atoms with Gasteiger partial charge in [-0.05, 0) is 31.3 Å². The fourth-order valence-electron chi connectivity index (χ4n) is 5.30. The van der Waals surface area contributed by atoms with Crippen LogP contribution in [0.3, 0.4) is 0 Å². The van der Waals surface area contributed by atoms with E-state index < -0.39 is 10.0 Å². The van der Waals surface area contributed by atoms with Crippen LogP contribution in [0.4, 0.5) is 0 Å². The van der Waals surface area contributed by atoms with Gasteiger partial charge in [0.05, 0.1) is 23.0 Å². The van der Waals surface area contributed by atoms with Crippen LogP contribution in [-0.2, 0) is 16.6 Å². The highest BCUT2D eigenvalue weighted by molar-refractivity contribution is 7.89. The van der Waals surface area contributed by atoms with Crippen molar-refractivity contribution in [2.24, 2.45) is 0 Å². The number of hydrogen-bond acceptors (Lipinski definition) is 4. The summed E-state index contributed by atoms with van der Waals surface area (Å²) >= 11 is 0. The molecule has 0 unspecified atom stereocenters. The topological polar surface area (TPSA) is 67.2 Å². The maximum atomic E-state index is 13.2. The van der Waals surface area contributed by atoms with Crippen molar-refractivity contribution in [2.75, 3.05) is 20.8 Å². The maximum absolute atomic E-state index is 13.2. The van der Waals surface area contributed by atoms with Crippen LogP contribution in [0.25, 0.3) is 45.0 Å². The summed E-state index contributed by atoms with van der Waals surface area (Å²) in [5.74, 6) is 0.885. The molecule has 0 amide bonds. The molecule has 0 aliphatic heterocycles. The Morgan fingerprint density at radius 3 is 1.80 bits per heavy atom. The zero-order valence-corrected chi connectivity index (χ0v) is 25.6. The maximum Gasteiger partial charge on any atom is 0.242 e. The van der Waals surface area contributed by atoms with Gasteiger partial charge in [0.1, 0.15) is 5.82 Å². The molecular formula is C37H34N4O2S. The standard InChI is InChI=1S/C37H34N4O2S/c1-40(2)27-38-44(42,43)34-21-13-12-20-33(34)29-24-22-28(23-25-29)26-41-36(31-16-8-4-9-17-31)35(30-14-6-3-7-15-30)39-37(41)32-18-10-5-11-19-32/h3-25,38H,26-27H2,1-2H3. The lowest BCUT2D eigenvalue weighted by Crippen LogP contribution is -2.33. The molecule has 5 aromatic carbocycles. The van der Waals surface area contributed by atoms with Crippen LogP contribution < -0.4 is 4.72 Å². The van der Waals surface area contributed by atoms with Gasteiger partial charge in [-0.15, -0.1) is 0 Å². The summed E-state index contributed by atoms with van der Waals surface area (Å²) in [5.41, 5.74) is 7.72. The highest BCUT2D eigenvalue weighted by Gasteiger charge is 2.22. The van der Waals surface area contributed by atoms with Gasteiger partial charge < -0.3 is 4.57 Å². The van der Waals surface area contributed by atoms with Crippen molar-refractivity contribution in [1.82, 2.24) is 19.2 Å². The molecular weight excluding hydrogens is 565 g/mol. The van der Waals surface area contributed by atoms with Crippen LogP contribution >= 0.6 is 0 Å². The van der Waals surface area contributed by atoms with E-state index in [4.69, 9.17) is 4.98 Å². The fraction of sp³-hybridized carbons (Fsp3) is 0.108. The lowest BCUT2D eigenvalue weighted by atomic mass is 10.0. The van der Waals surface area contributed by atoms with Crippen molar-refractivity contribution in [3.63, 3.8) is 0 Å². The SMILES string of the molecule is CN(C)CNS(=O)(=O)c1ccccc1-c1ccc(Cn2c(-c3ccccc3)nc(-c3ccccc3)c2-c2ccccc2)cc1. The molecule has 44 heavy (non-hydrogen) atoms. The summed E-state index contributed by atoms with van der Waals surface area (Å²) in [4.78, 5) is 7.28. The van der Waals surface area contributed by atoms with Crippen LogP contribution in [0.2, 0.25) is 0 Å². The summed E-state index contributed by atoms with van der Waals surface area (Å²) in [6.45, 7) is 0.803. The molecule has 220 valence electrons. The molecule has 6 rings (SSSR count). The average molecular weight is 599 g/mol. The number of imidazole rings is 1. The van der Waals surface area contributed by atoms with Crippen LogP contribution in [0.5, 0.6) is 0 Å². The number of aromatic nitrogens is 2. The second kappa shape index (κ2) is 12.8. The summed E-state index contributed by atoms with van der Waals surface area (Å²) in [6.07, 6.45) is 0. The molecule has 1 aromatic heterocycles. The van der Waals surface area contributed by atoms with Gasteiger partial charge in [0.2, 0.25) is 10.0 Å². The van der Waals surface area contributed by atoms with E-state index >= 15 is 0 Å². The minimum atomic E-state index is -3.69. The van der Waals surface area contributed by atoms with Gasteiger partial charge >= 0.3 is 0 Å². The Morgan fingerprint density at radius 2 is 1.18 bits per heavy atom. The Balaban J connectivity index is 1.43. The van der Waals surface area contributed by atoms with E-state index in [9.17, 15) is 8.42 Å². The molecule has 7 heteroatoms. The van der Waals surface area contributed by atoms with E-state index in [0.29, 0.717) is 12.1 Å². The third-order valence-electron chi connectivity index (χ3n) is 7.45. The van der Waals surface area contributed by atoms with Crippen LogP contribution in [-0.4, -0.2) is 43.6 Å². The van der Waals surface area contributed by atoms with Crippen molar-refractivity contribution >= 4 is 10.0 Å². The summed E-state index contributed by atoms with van der Waals surface area (Å²) in [6, 6.07) is 46.2. The smallest absolute Gasteiger partial charge is 0.242 e. The third kappa shape index (κ3) is 6.26. The molecule has 0 bridgehead atoms. The van der Waals surface area contributed by atoms with Crippen LogP contribution in [0.1, 0.15) is 5.56 Å². The van der Waals surface area contributed by atoms with Gasteiger partial charge in [-0.2, -0.15) is 4.72 Å². The molecule has 0 saturated heterocycles. The number of rotatable bonds is 10. The Hall–Kier alpha value is -4.82. The molecule has 0 spiro atoms. The highest BCUT2D eigenvalue weighted by atomic mass is 32.2. The predicted molar refractivity (Wildman–Crippen MR) is 178 cm³/mol. The first-order chi connectivity index (χ1) is 21.4. The number of nitrogens with zero attached hydrogens (tertiary/aromatic N) is 3. The Bertz CT molecular complexity index is 1950. The van der Waals surface area contributed by atoms with E-state index in [-0.39, 0.29) is 11.6 Å². The molecule has 0 aliphatic carbocycles. The molecule has 1 N–H and O–H groups in total. The van der Waals surface area contributed by atoms with Gasteiger partial charge in [0, 0.05) is 28.8 Å². The number of sulfonamides is 1. The largest absolute Gasteiger partial charge is 0.319 e. The highest BCUT2D eigenvalue weighted by Crippen LogP contribution is 2.37. The summed E-state index contributed by atoms with van der Waals surface area (Å²) in [5, 5.41) is 0. The number of nitrogens with one attached hydrogen (secondary N) is 1. The van der Waals surface area contributed by atoms with E-state index in [1.165, 1.54) is 0 Å². The fourth-order valence-corrected chi connectivity index (χ4v) is 6.62. The monoisotopic (exact) mass is 598 g/mol. The van der Waals surface area contributed by atoms with Gasteiger partial charge in [0.25, 0.3) is 0 Å². The summed E-state index contributed by atoms with van der Waals surface area (Å²) in [7, 11) is -0.0489. The second-order valence-corrected chi connectivity index (χ2v) is 12.6. The van der Waals surface area contributed by atoms with Gasteiger partial charge in [0.15, 0.2) is 0 Å². The second-order valence-electron chi connectivity index (χ2n) is 10.9. The van der Waals surface area contributed by atoms with Gasteiger partial charge in [-0.1, -0.05) is 133 Å². The molecule has 0 aliphatic rings. The van der Waals surface area contributed by atoms with Crippen molar-refractivity contribution < 1.29 is 8.42 Å². The van der Waals surface area contributed by atoms with Crippen molar-refractivity contribution in [1.29, 1.82) is 0 Å².